The first-order valence-electron chi connectivity index (χ1n) is 16.8. The second-order valence-electron chi connectivity index (χ2n) is 13.1. The van der Waals surface area contributed by atoms with E-state index in [4.69, 9.17) is 35.0 Å². The Balaban J connectivity index is 1.20. The van der Waals surface area contributed by atoms with Crippen molar-refractivity contribution < 1.29 is 37.7 Å². The minimum atomic E-state index is -1.93. The fourth-order valence-electron chi connectivity index (χ4n) is 7.49. The predicted octanol–water partition coefficient (Wildman–Crippen LogP) is 6.34. The number of ketones is 2. The Labute approximate surface area is 295 Å². The average Bonchev–Trinajstić information content (AvgIpc) is 3.64. The van der Waals surface area contributed by atoms with Gasteiger partial charge in [0.1, 0.15) is 39.4 Å². The number of carbonyl (C=O) groups excluding carboxylic acids is 3. The topological polar surface area (TPSA) is 117 Å². The van der Waals surface area contributed by atoms with E-state index in [0.717, 1.165) is 32.5 Å². The van der Waals surface area contributed by atoms with E-state index in [1.54, 1.807) is 26.2 Å². The average molecular weight is 699 g/mol. The van der Waals surface area contributed by atoms with Crippen LogP contribution < -0.4 is 24.3 Å². The maximum absolute atomic E-state index is 14.8. The Morgan fingerprint density at radius 2 is 1.62 bits per heavy atom. The van der Waals surface area contributed by atoms with Crippen molar-refractivity contribution in [2.75, 3.05) is 34.4 Å². The number of hydrogen-bond acceptors (Lipinski definition) is 9. The molecule has 1 aliphatic carbocycles. The van der Waals surface area contributed by atoms with Crippen LogP contribution in [0.15, 0.2) is 65.1 Å². The lowest BCUT2D eigenvalue weighted by Crippen LogP contribution is -2.56. The summed E-state index contributed by atoms with van der Waals surface area (Å²) in [7, 11) is 4.44. The van der Waals surface area contributed by atoms with Crippen LogP contribution in [-0.2, 0) is 24.2 Å². The van der Waals surface area contributed by atoms with Crippen molar-refractivity contribution in [2.45, 2.75) is 50.8 Å². The molecule has 3 aromatic carbocycles. The van der Waals surface area contributed by atoms with Crippen LogP contribution in [0.25, 0.3) is 11.3 Å². The number of Topliss-reactive ketones (excluding diaryl/α,β-unsaturated/α-hetero) is 2. The van der Waals surface area contributed by atoms with E-state index in [9.17, 15) is 14.4 Å². The van der Waals surface area contributed by atoms with Crippen LogP contribution in [0, 0.1) is 5.92 Å². The van der Waals surface area contributed by atoms with E-state index >= 15 is 0 Å². The molecule has 4 aromatic rings. The van der Waals surface area contributed by atoms with Gasteiger partial charge in [0.25, 0.3) is 0 Å². The number of hydrogen-bond donors (Lipinski definition) is 1. The molecule has 1 saturated heterocycles. The molecule has 1 amide bonds. The van der Waals surface area contributed by atoms with Crippen LogP contribution in [0.5, 0.6) is 23.0 Å². The lowest BCUT2D eigenvalue weighted by Gasteiger charge is -2.35. The predicted molar refractivity (Wildman–Crippen MR) is 187 cm³/mol. The maximum Gasteiger partial charge on any atom is 0.237 e. The molecule has 1 fully saturated rings. The van der Waals surface area contributed by atoms with Crippen molar-refractivity contribution in [3.8, 4) is 34.3 Å². The summed E-state index contributed by atoms with van der Waals surface area (Å²) in [6.45, 7) is 4.35. The van der Waals surface area contributed by atoms with Gasteiger partial charge in [0.05, 0.1) is 33.3 Å². The number of rotatable bonds is 9. The highest BCUT2D eigenvalue weighted by atomic mass is 35.5. The molecular formula is C39H39ClN2O8. The SMILES string of the molecule is COc1ccc(-c2oc3c(c2CC(=O)NC2CCN(Cc4ccccc4)CC2)C(=O)[C@@]2(Oc4c(Cl)c(OC)cc(OC)c4C2=O)[C@H](C)C3)cc1. The monoisotopic (exact) mass is 698 g/mol. The summed E-state index contributed by atoms with van der Waals surface area (Å²) in [5.41, 5.74) is 0.668. The number of fused-ring (bicyclic) bond motifs is 2. The molecule has 2 aliphatic heterocycles. The zero-order chi connectivity index (χ0) is 35.2. The molecule has 260 valence electrons. The lowest BCUT2D eigenvalue weighted by atomic mass is 9.70. The number of furan rings is 1. The number of carbonyl (C=O) groups is 3. The van der Waals surface area contributed by atoms with Crippen molar-refractivity contribution in [1.29, 1.82) is 0 Å². The molecule has 1 N–H and O–H groups in total. The van der Waals surface area contributed by atoms with Crippen molar-refractivity contribution in [3.05, 3.63) is 93.7 Å². The van der Waals surface area contributed by atoms with Crippen molar-refractivity contribution in [1.82, 2.24) is 10.2 Å². The first-order valence-corrected chi connectivity index (χ1v) is 17.1. The van der Waals surface area contributed by atoms with Gasteiger partial charge in [-0.25, -0.2) is 0 Å². The summed E-state index contributed by atoms with van der Waals surface area (Å²) in [5, 5.41) is 3.27. The summed E-state index contributed by atoms with van der Waals surface area (Å²) < 4.78 is 29.1. The quantitative estimate of drug-likeness (QED) is 0.200. The van der Waals surface area contributed by atoms with Crippen molar-refractivity contribution >= 4 is 29.1 Å². The second-order valence-corrected chi connectivity index (χ2v) is 13.5. The highest BCUT2D eigenvalue weighted by Gasteiger charge is 2.63. The molecule has 2 atom stereocenters. The van der Waals surface area contributed by atoms with Gasteiger partial charge in [-0.1, -0.05) is 48.9 Å². The summed E-state index contributed by atoms with van der Waals surface area (Å²) in [5.74, 6) is -0.0850. The third-order valence-corrected chi connectivity index (χ3v) is 10.5. The molecule has 0 radical (unpaired) electrons. The van der Waals surface area contributed by atoms with E-state index in [0.29, 0.717) is 28.4 Å². The normalized spacial score (nSPS) is 20.3. The minimum absolute atomic E-state index is 0.0115. The second kappa shape index (κ2) is 13.5. The van der Waals surface area contributed by atoms with Gasteiger partial charge in [-0.05, 0) is 42.7 Å². The zero-order valence-corrected chi connectivity index (χ0v) is 29.2. The third kappa shape index (κ3) is 5.70. The van der Waals surface area contributed by atoms with Crippen LogP contribution in [-0.4, -0.2) is 68.4 Å². The first kappa shape index (κ1) is 33.7. The number of piperidine rings is 1. The van der Waals surface area contributed by atoms with Crippen LogP contribution in [0.3, 0.4) is 0 Å². The van der Waals surface area contributed by atoms with Gasteiger partial charge in [-0.15, -0.1) is 0 Å². The Morgan fingerprint density at radius 3 is 2.28 bits per heavy atom. The minimum Gasteiger partial charge on any atom is -0.497 e. The largest absolute Gasteiger partial charge is 0.497 e. The van der Waals surface area contributed by atoms with E-state index in [1.165, 1.54) is 25.8 Å². The van der Waals surface area contributed by atoms with Gasteiger partial charge in [0, 0.05) is 55.2 Å². The van der Waals surface area contributed by atoms with Gasteiger partial charge < -0.3 is 28.7 Å². The third-order valence-electron chi connectivity index (χ3n) is 10.1. The molecule has 3 aliphatic rings. The standard InChI is InChI=1S/C39H39ClN2O8/c1-22-18-29-32(37(44)39(22)38(45)33-28(47-3)20-30(48-4)34(40)36(33)50-39)27(35(49-29)24-10-12-26(46-2)13-11-24)19-31(43)41-25-14-16-42(17-15-25)21-23-8-6-5-7-9-23/h5-13,20,22,25H,14-19,21H2,1-4H3,(H,41,43)/t22-,39+/m1/s1. The van der Waals surface area contributed by atoms with Gasteiger partial charge in [0.2, 0.25) is 23.1 Å². The number of amides is 1. The summed E-state index contributed by atoms with van der Waals surface area (Å²) >= 11 is 6.64. The number of nitrogens with zero attached hydrogens (tertiary/aromatic N) is 1. The van der Waals surface area contributed by atoms with Crippen LogP contribution in [0.4, 0.5) is 0 Å². The molecule has 1 spiro atoms. The molecule has 3 heterocycles. The van der Waals surface area contributed by atoms with E-state index in [2.05, 4.69) is 22.3 Å². The van der Waals surface area contributed by atoms with Gasteiger partial charge in [0.15, 0.2) is 5.75 Å². The van der Waals surface area contributed by atoms with Crippen LogP contribution >= 0.6 is 11.6 Å². The molecular weight excluding hydrogens is 660 g/mol. The number of nitrogens with one attached hydrogen (secondary N) is 1. The zero-order valence-electron chi connectivity index (χ0n) is 28.5. The number of ether oxygens (including phenoxy) is 4. The molecule has 0 unspecified atom stereocenters. The van der Waals surface area contributed by atoms with Gasteiger partial charge >= 0.3 is 0 Å². The number of likely N-dealkylation sites (tertiary alicyclic amines) is 1. The summed E-state index contributed by atoms with van der Waals surface area (Å²) in [4.78, 5) is 45.4. The Morgan fingerprint density at radius 1 is 0.940 bits per heavy atom. The highest BCUT2D eigenvalue weighted by molar-refractivity contribution is 6.36. The molecule has 0 bridgehead atoms. The van der Waals surface area contributed by atoms with Gasteiger partial charge in [-0.3, -0.25) is 19.3 Å². The number of halogens is 1. The Hall–Kier alpha value is -4.80. The Kier molecular flexibility index (Phi) is 9.09. The molecule has 50 heavy (non-hydrogen) atoms. The molecule has 1 aromatic heterocycles. The highest BCUT2D eigenvalue weighted by Crippen LogP contribution is 2.54. The fourth-order valence-corrected chi connectivity index (χ4v) is 7.76. The lowest BCUT2D eigenvalue weighted by molar-refractivity contribution is -0.121. The summed E-state index contributed by atoms with van der Waals surface area (Å²) in [6.07, 6.45) is 1.70. The van der Waals surface area contributed by atoms with Crippen LogP contribution in [0.2, 0.25) is 5.02 Å². The molecule has 0 saturated carbocycles. The molecule has 10 nitrogen and oxygen atoms in total. The number of methoxy groups -OCH3 is 3. The van der Waals surface area contributed by atoms with E-state index < -0.39 is 23.1 Å². The maximum atomic E-state index is 14.8. The summed E-state index contributed by atoms with van der Waals surface area (Å²) in [6, 6.07) is 19.1. The van der Waals surface area contributed by atoms with E-state index in [1.807, 2.05) is 30.3 Å². The molecule has 7 rings (SSSR count). The van der Waals surface area contributed by atoms with Crippen molar-refractivity contribution in [3.63, 3.8) is 0 Å². The first-order chi connectivity index (χ1) is 24.2. The van der Waals surface area contributed by atoms with Crippen LogP contribution in [0.1, 0.15) is 57.4 Å². The number of benzene rings is 3. The van der Waals surface area contributed by atoms with Gasteiger partial charge in [-0.2, -0.15) is 0 Å². The van der Waals surface area contributed by atoms with Crippen molar-refractivity contribution in [2.24, 2.45) is 5.92 Å². The fraction of sp³-hybridized carbons (Fsp3) is 0.359. The smallest absolute Gasteiger partial charge is 0.237 e. The Bertz CT molecular complexity index is 1950. The van der Waals surface area contributed by atoms with E-state index in [-0.39, 0.29) is 58.2 Å². The molecule has 11 heteroatoms.